The molecule has 2 aromatic heterocycles. The first-order chi connectivity index (χ1) is 7.56. The third kappa shape index (κ3) is 1.26. The molecule has 2 aromatic rings. The summed E-state index contributed by atoms with van der Waals surface area (Å²) in [5, 5.41) is 7.24. The molecule has 16 heavy (non-hydrogen) atoms. The molecule has 0 aliphatic carbocycles. The molecule has 0 aromatic carbocycles. The quantitative estimate of drug-likeness (QED) is 0.412. The van der Waals surface area contributed by atoms with Crippen molar-refractivity contribution < 1.29 is 0 Å². The van der Waals surface area contributed by atoms with E-state index < -0.39 is 11.2 Å². The SMILES string of the molecule is Cn1c(=O)c2nnc(NN)nc2n(C)c1=O. The molecule has 0 fully saturated rings. The lowest BCUT2D eigenvalue weighted by atomic mass is 10.5. The van der Waals surface area contributed by atoms with Gasteiger partial charge in [-0.2, -0.15) is 4.98 Å². The van der Waals surface area contributed by atoms with Crippen LogP contribution in [0.2, 0.25) is 0 Å². The number of hydrazine groups is 1. The first-order valence-corrected chi connectivity index (χ1v) is 4.33. The topological polar surface area (TPSA) is 121 Å². The highest BCUT2D eigenvalue weighted by Gasteiger charge is 2.11. The molecule has 0 aliphatic rings. The van der Waals surface area contributed by atoms with Crippen molar-refractivity contribution in [2.45, 2.75) is 0 Å². The Morgan fingerprint density at radius 3 is 2.50 bits per heavy atom. The molecule has 0 amide bonds. The van der Waals surface area contributed by atoms with E-state index in [0.29, 0.717) is 0 Å². The van der Waals surface area contributed by atoms with Gasteiger partial charge in [0.1, 0.15) is 0 Å². The maximum absolute atomic E-state index is 11.7. The lowest BCUT2D eigenvalue weighted by Crippen LogP contribution is -2.38. The molecule has 2 rings (SSSR count). The Balaban J connectivity index is 3.03. The van der Waals surface area contributed by atoms with E-state index in [-0.39, 0.29) is 17.1 Å². The Kier molecular flexibility index (Phi) is 2.16. The fourth-order valence-electron chi connectivity index (χ4n) is 1.31. The second kappa shape index (κ2) is 3.38. The highest BCUT2D eigenvalue weighted by molar-refractivity contribution is 5.68. The smallest absolute Gasteiger partial charge is 0.291 e. The fraction of sp³-hybridized carbons (Fsp3) is 0.286. The van der Waals surface area contributed by atoms with Crippen LogP contribution in [0.25, 0.3) is 11.2 Å². The van der Waals surface area contributed by atoms with E-state index in [1.165, 1.54) is 18.7 Å². The summed E-state index contributed by atoms with van der Waals surface area (Å²) < 4.78 is 2.14. The number of aryl methyl sites for hydroxylation is 1. The van der Waals surface area contributed by atoms with E-state index in [1.807, 2.05) is 0 Å². The minimum absolute atomic E-state index is 0.0172. The lowest BCUT2D eigenvalue weighted by Gasteiger charge is -2.05. The largest absolute Gasteiger partial charge is 0.332 e. The molecule has 2 heterocycles. The molecule has 9 nitrogen and oxygen atoms in total. The minimum Gasteiger partial charge on any atom is -0.291 e. The van der Waals surface area contributed by atoms with Gasteiger partial charge in [-0.05, 0) is 0 Å². The minimum atomic E-state index is -0.540. The summed E-state index contributed by atoms with van der Waals surface area (Å²) in [5.41, 5.74) is 1.32. The van der Waals surface area contributed by atoms with Gasteiger partial charge in [0.05, 0.1) is 0 Å². The predicted molar refractivity (Wildman–Crippen MR) is 55.6 cm³/mol. The van der Waals surface area contributed by atoms with Crippen molar-refractivity contribution in [2.75, 3.05) is 5.43 Å². The number of nitrogens with zero attached hydrogens (tertiary/aromatic N) is 5. The highest BCUT2D eigenvalue weighted by Crippen LogP contribution is 2.01. The van der Waals surface area contributed by atoms with E-state index in [4.69, 9.17) is 5.84 Å². The third-order valence-electron chi connectivity index (χ3n) is 2.20. The van der Waals surface area contributed by atoms with Crippen molar-refractivity contribution in [1.29, 1.82) is 0 Å². The van der Waals surface area contributed by atoms with Crippen LogP contribution in [0.1, 0.15) is 0 Å². The van der Waals surface area contributed by atoms with E-state index in [2.05, 4.69) is 20.6 Å². The van der Waals surface area contributed by atoms with Gasteiger partial charge in [-0.1, -0.05) is 0 Å². The number of rotatable bonds is 1. The second-order valence-corrected chi connectivity index (χ2v) is 3.16. The van der Waals surface area contributed by atoms with Gasteiger partial charge in [-0.3, -0.25) is 19.4 Å². The molecule has 9 heteroatoms. The highest BCUT2D eigenvalue weighted by atomic mass is 16.2. The predicted octanol–water partition coefficient (Wildman–Crippen LogP) is -2.29. The molecule has 0 saturated carbocycles. The standard InChI is InChI=1S/C7H9N7O2/c1-13-4-3(5(15)14(2)7(13)16)11-12-6(9-4)10-8/h8H2,1-2H3,(H,9,10,12). The molecule has 0 spiro atoms. The number of hydrogen-bond acceptors (Lipinski definition) is 7. The van der Waals surface area contributed by atoms with Crippen LogP contribution in [0.5, 0.6) is 0 Å². The first kappa shape index (κ1) is 10.2. The summed E-state index contributed by atoms with van der Waals surface area (Å²) in [5.74, 6) is 5.15. The lowest BCUT2D eigenvalue weighted by molar-refractivity contribution is 0.700. The van der Waals surface area contributed by atoms with Gasteiger partial charge in [0.2, 0.25) is 0 Å². The van der Waals surface area contributed by atoms with Gasteiger partial charge < -0.3 is 0 Å². The Bertz CT molecular complexity index is 671. The fourth-order valence-corrected chi connectivity index (χ4v) is 1.31. The summed E-state index contributed by atoms with van der Waals surface area (Å²) in [6.45, 7) is 0. The first-order valence-electron chi connectivity index (χ1n) is 4.33. The molecule has 0 unspecified atom stereocenters. The molecular weight excluding hydrogens is 214 g/mol. The maximum Gasteiger partial charge on any atom is 0.332 e. The van der Waals surface area contributed by atoms with Crippen LogP contribution in [-0.4, -0.2) is 24.3 Å². The Hall–Kier alpha value is -2.29. The second-order valence-electron chi connectivity index (χ2n) is 3.16. The van der Waals surface area contributed by atoms with Crippen LogP contribution in [-0.2, 0) is 14.1 Å². The molecule has 0 aliphatic heterocycles. The Labute approximate surface area is 88.5 Å². The zero-order valence-electron chi connectivity index (χ0n) is 8.63. The molecule has 0 saturated heterocycles. The summed E-state index contributed by atoms with van der Waals surface area (Å²) in [6, 6.07) is 0. The molecule has 3 N–H and O–H groups in total. The van der Waals surface area contributed by atoms with E-state index >= 15 is 0 Å². The average Bonchev–Trinajstić information content (AvgIpc) is 2.33. The number of nitrogens with two attached hydrogens (primary N) is 1. The Morgan fingerprint density at radius 1 is 1.19 bits per heavy atom. The zero-order chi connectivity index (χ0) is 11.9. The van der Waals surface area contributed by atoms with E-state index in [1.54, 1.807) is 0 Å². The van der Waals surface area contributed by atoms with Gasteiger partial charge in [-0.25, -0.2) is 10.6 Å². The molecule has 0 radical (unpaired) electrons. The molecule has 0 bridgehead atoms. The van der Waals surface area contributed by atoms with Crippen molar-refractivity contribution in [1.82, 2.24) is 24.3 Å². The van der Waals surface area contributed by atoms with Gasteiger partial charge in [0, 0.05) is 14.1 Å². The third-order valence-corrected chi connectivity index (χ3v) is 2.20. The normalized spacial score (nSPS) is 10.7. The van der Waals surface area contributed by atoms with Crippen molar-refractivity contribution in [3.63, 3.8) is 0 Å². The molecular formula is C7H9N7O2. The van der Waals surface area contributed by atoms with Crippen molar-refractivity contribution in [3.05, 3.63) is 20.8 Å². The number of hydrogen-bond donors (Lipinski definition) is 2. The van der Waals surface area contributed by atoms with Gasteiger partial charge in [0.15, 0.2) is 11.2 Å². The molecule has 0 atom stereocenters. The van der Waals surface area contributed by atoms with Gasteiger partial charge >= 0.3 is 5.69 Å². The number of fused-ring (bicyclic) bond motifs is 1. The van der Waals surface area contributed by atoms with Crippen LogP contribution >= 0.6 is 0 Å². The maximum atomic E-state index is 11.7. The summed E-state index contributed by atoms with van der Waals surface area (Å²) in [4.78, 5) is 27.1. The number of nitrogen functional groups attached to an aromatic ring is 1. The number of nitrogens with one attached hydrogen (secondary N) is 1. The van der Waals surface area contributed by atoms with Crippen LogP contribution in [0.3, 0.4) is 0 Å². The van der Waals surface area contributed by atoms with Crippen LogP contribution in [0.15, 0.2) is 9.59 Å². The van der Waals surface area contributed by atoms with E-state index in [0.717, 1.165) is 4.57 Å². The number of anilines is 1. The van der Waals surface area contributed by atoms with Crippen LogP contribution in [0, 0.1) is 0 Å². The van der Waals surface area contributed by atoms with Gasteiger partial charge in [0.25, 0.3) is 11.5 Å². The van der Waals surface area contributed by atoms with Gasteiger partial charge in [-0.15, -0.1) is 10.2 Å². The van der Waals surface area contributed by atoms with Crippen molar-refractivity contribution >= 4 is 17.1 Å². The van der Waals surface area contributed by atoms with Crippen LogP contribution < -0.4 is 22.5 Å². The monoisotopic (exact) mass is 223 g/mol. The Morgan fingerprint density at radius 2 is 1.88 bits per heavy atom. The number of aromatic nitrogens is 5. The molecule has 84 valence electrons. The summed E-state index contributed by atoms with van der Waals surface area (Å²) in [6.07, 6.45) is 0. The zero-order valence-corrected chi connectivity index (χ0v) is 8.63. The summed E-state index contributed by atoms with van der Waals surface area (Å²) >= 11 is 0. The van der Waals surface area contributed by atoms with Crippen LogP contribution in [0.4, 0.5) is 5.95 Å². The average molecular weight is 223 g/mol. The van der Waals surface area contributed by atoms with Crippen molar-refractivity contribution in [2.24, 2.45) is 19.9 Å². The summed E-state index contributed by atoms with van der Waals surface area (Å²) in [7, 11) is 2.85. The van der Waals surface area contributed by atoms with Crippen molar-refractivity contribution in [3.8, 4) is 0 Å². The van der Waals surface area contributed by atoms with E-state index in [9.17, 15) is 9.59 Å².